The standard InChI is InChI=1S/C14H20F3N3O3/c1-9-3-5-20(8-10(9)21)11(22)7-13(23,14(15,16)17)12-18-4-6-19(12)2/h4,6,9-10,21,23H,3,5,7-8H2,1-2H3. The van der Waals surface area contributed by atoms with E-state index in [9.17, 15) is 28.2 Å². The predicted molar refractivity (Wildman–Crippen MR) is 74.1 cm³/mol. The minimum atomic E-state index is -5.05. The number of imidazole rings is 1. The zero-order valence-corrected chi connectivity index (χ0v) is 12.9. The molecule has 2 rings (SSSR count). The molecule has 1 aromatic heterocycles. The van der Waals surface area contributed by atoms with Gasteiger partial charge in [0.2, 0.25) is 11.5 Å². The van der Waals surface area contributed by atoms with Gasteiger partial charge in [-0.1, -0.05) is 6.92 Å². The summed E-state index contributed by atoms with van der Waals surface area (Å²) in [6, 6.07) is 0. The van der Waals surface area contributed by atoms with Crippen LogP contribution in [0.5, 0.6) is 0 Å². The number of aliphatic hydroxyl groups is 2. The molecule has 1 fully saturated rings. The molecule has 6 nitrogen and oxygen atoms in total. The summed E-state index contributed by atoms with van der Waals surface area (Å²) < 4.78 is 41.2. The highest BCUT2D eigenvalue weighted by atomic mass is 19.4. The Balaban J connectivity index is 2.23. The summed E-state index contributed by atoms with van der Waals surface area (Å²) in [5, 5.41) is 20.0. The van der Waals surface area contributed by atoms with Gasteiger partial charge in [-0.15, -0.1) is 0 Å². The first-order valence-corrected chi connectivity index (χ1v) is 7.29. The molecule has 0 aromatic carbocycles. The summed E-state index contributed by atoms with van der Waals surface area (Å²) in [7, 11) is 1.32. The molecular weight excluding hydrogens is 315 g/mol. The van der Waals surface area contributed by atoms with Crippen LogP contribution >= 0.6 is 0 Å². The van der Waals surface area contributed by atoms with Crippen LogP contribution in [0, 0.1) is 5.92 Å². The van der Waals surface area contributed by atoms with Crippen molar-refractivity contribution in [3.05, 3.63) is 18.2 Å². The Morgan fingerprint density at radius 2 is 2.13 bits per heavy atom. The molecule has 0 saturated carbocycles. The number of hydrogen-bond acceptors (Lipinski definition) is 4. The molecule has 23 heavy (non-hydrogen) atoms. The van der Waals surface area contributed by atoms with Crippen LogP contribution in [-0.2, 0) is 17.4 Å². The first-order valence-electron chi connectivity index (χ1n) is 7.29. The summed E-state index contributed by atoms with van der Waals surface area (Å²) in [5.41, 5.74) is -3.36. The van der Waals surface area contributed by atoms with E-state index in [2.05, 4.69) is 4.98 Å². The third-order valence-corrected chi connectivity index (χ3v) is 4.34. The number of carbonyl (C=O) groups is 1. The van der Waals surface area contributed by atoms with Gasteiger partial charge in [0.1, 0.15) is 0 Å². The van der Waals surface area contributed by atoms with Crippen molar-refractivity contribution < 1.29 is 28.2 Å². The second kappa shape index (κ2) is 6.12. The number of aryl methyl sites for hydroxylation is 1. The number of amides is 1. The van der Waals surface area contributed by atoms with Gasteiger partial charge in [0.15, 0.2) is 5.82 Å². The van der Waals surface area contributed by atoms with Gasteiger partial charge in [-0.25, -0.2) is 4.98 Å². The lowest BCUT2D eigenvalue weighted by Gasteiger charge is -2.36. The van der Waals surface area contributed by atoms with Gasteiger partial charge in [0.25, 0.3) is 0 Å². The molecule has 130 valence electrons. The van der Waals surface area contributed by atoms with E-state index < -0.39 is 36.0 Å². The molecule has 0 aliphatic carbocycles. The summed E-state index contributed by atoms with van der Waals surface area (Å²) in [6.45, 7) is 2.03. The second-order valence-corrected chi connectivity index (χ2v) is 6.07. The quantitative estimate of drug-likeness (QED) is 0.856. The van der Waals surface area contributed by atoms with Crippen molar-refractivity contribution in [1.82, 2.24) is 14.5 Å². The van der Waals surface area contributed by atoms with Gasteiger partial charge < -0.3 is 19.7 Å². The third-order valence-electron chi connectivity index (χ3n) is 4.34. The smallest absolute Gasteiger partial charge is 0.391 e. The largest absolute Gasteiger partial charge is 0.425 e. The molecule has 2 heterocycles. The van der Waals surface area contributed by atoms with Crippen LogP contribution in [0.4, 0.5) is 13.2 Å². The van der Waals surface area contributed by atoms with Crippen molar-refractivity contribution in [3.8, 4) is 0 Å². The van der Waals surface area contributed by atoms with E-state index >= 15 is 0 Å². The third kappa shape index (κ3) is 3.35. The fourth-order valence-electron chi connectivity index (χ4n) is 2.68. The fraction of sp³-hybridized carbons (Fsp3) is 0.714. The van der Waals surface area contributed by atoms with Gasteiger partial charge in [-0.3, -0.25) is 4.79 Å². The highest BCUT2D eigenvalue weighted by Gasteiger charge is 2.59. The van der Waals surface area contributed by atoms with E-state index in [4.69, 9.17) is 0 Å². The molecule has 1 aromatic rings. The molecule has 0 radical (unpaired) electrons. The highest BCUT2D eigenvalue weighted by Crippen LogP contribution is 2.41. The molecular formula is C14H20F3N3O3. The Hall–Kier alpha value is -1.61. The maximum absolute atomic E-state index is 13.4. The van der Waals surface area contributed by atoms with E-state index in [0.29, 0.717) is 6.42 Å². The van der Waals surface area contributed by atoms with E-state index in [1.165, 1.54) is 13.2 Å². The molecule has 3 unspecified atom stereocenters. The average Bonchev–Trinajstić information content (AvgIpc) is 2.87. The maximum atomic E-state index is 13.4. The zero-order valence-electron chi connectivity index (χ0n) is 12.9. The lowest BCUT2D eigenvalue weighted by atomic mass is 9.93. The summed E-state index contributed by atoms with van der Waals surface area (Å²) in [4.78, 5) is 16.9. The molecule has 1 saturated heterocycles. The number of halogens is 3. The summed E-state index contributed by atoms with van der Waals surface area (Å²) in [5.74, 6) is -1.52. The number of piperidine rings is 1. The molecule has 2 N–H and O–H groups in total. The van der Waals surface area contributed by atoms with E-state index in [0.717, 1.165) is 15.7 Å². The van der Waals surface area contributed by atoms with Crippen molar-refractivity contribution in [2.24, 2.45) is 13.0 Å². The molecule has 1 amide bonds. The number of hydrogen-bond donors (Lipinski definition) is 2. The van der Waals surface area contributed by atoms with Crippen LogP contribution in [0.3, 0.4) is 0 Å². The SMILES string of the molecule is CC1CCN(C(=O)CC(O)(c2nccn2C)C(F)(F)F)CC1O. The number of likely N-dealkylation sites (tertiary alicyclic amines) is 1. The summed E-state index contributed by atoms with van der Waals surface area (Å²) >= 11 is 0. The van der Waals surface area contributed by atoms with Crippen molar-refractivity contribution in [3.63, 3.8) is 0 Å². The van der Waals surface area contributed by atoms with Crippen molar-refractivity contribution in [2.45, 2.75) is 37.6 Å². The van der Waals surface area contributed by atoms with Crippen molar-refractivity contribution >= 4 is 5.91 Å². The van der Waals surface area contributed by atoms with Gasteiger partial charge in [-0.05, 0) is 12.3 Å². The van der Waals surface area contributed by atoms with Crippen LogP contribution < -0.4 is 0 Å². The Morgan fingerprint density at radius 1 is 1.48 bits per heavy atom. The Kier molecular flexibility index (Phi) is 4.72. The van der Waals surface area contributed by atoms with Gasteiger partial charge in [-0.2, -0.15) is 13.2 Å². The minimum Gasteiger partial charge on any atom is -0.391 e. The Bertz CT molecular complexity index is 575. The molecule has 0 spiro atoms. The number of rotatable bonds is 3. The monoisotopic (exact) mass is 335 g/mol. The minimum absolute atomic E-state index is 0.0184. The molecule has 1 aliphatic heterocycles. The highest BCUT2D eigenvalue weighted by molar-refractivity contribution is 5.77. The van der Waals surface area contributed by atoms with Crippen molar-refractivity contribution in [2.75, 3.05) is 13.1 Å². The number of carbonyl (C=O) groups excluding carboxylic acids is 1. The average molecular weight is 335 g/mol. The molecule has 1 aliphatic rings. The Labute approximate surface area is 131 Å². The normalized spacial score (nSPS) is 25.3. The van der Waals surface area contributed by atoms with Crippen LogP contribution in [-0.4, -0.2) is 55.9 Å². The van der Waals surface area contributed by atoms with E-state index in [-0.39, 0.29) is 19.0 Å². The lowest BCUT2D eigenvalue weighted by molar-refractivity contribution is -0.272. The molecule has 9 heteroatoms. The molecule has 0 bridgehead atoms. The predicted octanol–water partition coefficient (Wildman–Crippen LogP) is 0.789. The zero-order chi connectivity index (χ0) is 17.4. The second-order valence-electron chi connectivity index (χ2n) is 6.07. The number of aliphatic hydroxyl groups excluding tert-OH is 1. The van der Waals surface area contributed by atoms with Crippen LogP contribution in [0.2, 0.25) is 0 Å². The maximum Gasteiger partial charge on any atom is 0.425 e. The van der Waals surface area contributed by atoms with E-state index in [1.54, 1.807) is 0 Å². The number of β-amino-alcohol motifs (C(OH)–C–C–N with tert-alkyl or cyclic N) is 1. The van der Waals surface area contributed by atoms with E-state index in [1.807, 2.05) is 6.92 Å². The number of aromatic nitrogens is 2. The van der Waals surface area contributed by atoms with Crippen LogP contribution in [0.25, 0.3) is 0 Å². The summed E-state index contributed by atoms with van der Waals surface area (Å²) in [6.07, 6.45) is -4.10. The van der Waals surface area contributed by atoms with Crippen molar-refractivity contribution in [1.29, 1.82) is 0 Å². The first kappa shape index (κ1) is 17.7. The Morgan fingerprint density at radius 3 is 2.61 bits per heavy atom. The lowest BCUT2D eigenvalue weighted by Crippen LogP contribution is -2.51. The van der Waals surface area contributed by atoms with Gasteiger partial charge in [0, 0.05) is 32.5 Å². The fourth-order valence-corrected chi connectivity index (χ4v) is 2.68. The van der Waals surface area contributed by atoms with Crippen LogP contribution in [0.1, 0.15) is 25.6 Å². The number of nitrogens with zero attached hydrogens (tertiary/aromatic N) is 3. The number of alkyl halides is 3. The molecule has 3 atom stereocenters. The van der Waals surface area contributed by atoms with Gasteiger partial charge >= 0.3 is 6.18 Å². The first-order chi connectivity index (χ1) is 10.6. The van der Waals surface area contributed by atoms with Gasteiger partial charge in [0.05, 0.1) is 12.5 Å². The topological polar surface area (TPSA) is 78.6 Å². The van der Waals surface area contributed by atoms with Crippen LogP contribution in [0.15, 0.2) is 12.4 Å².